The summed E-state index contributed by atoms with van der Waals surface area (Å²) in [6.45, 7) is 8.57. The third-order valence-electron chi connectivity index (χ3n) is 6.37. The molecule has 198 valence electrons. The number of rotatable bonds is 10. The fourth-order valence-corrected chi connectivity index (χ4v) is 3.34. The van der Waals surface area contributed by atoms with Crippen molar-refractivity contribution in [3.63, 3.8) is 0 Å². The number of likely N-dealkylation sites (N-methyl/N-ethyl adjacent to an activating group) is 1. The van der Waals surface area contributed by atoms with E-state index in [4.69, 9.17) is 15.3 Å². The van der Waals surface area contributed by atoms with E-state index in [-0.39, 0.29) is 11.5 Å². The number of ether oxygens (including phenoxy) is 1. The van der Waals surface area contributed by atoms with Crippen LogP contribution in [0.3, 0.4) is 0 Å². The molecule has 0 saturated carbocycles. The first-order valence-electron chi connectivity index (χ1n) is 12.5. The molecule has 0 spiro atoms. The van der Waals surface area contributed by atoms with Gasteiger partial charge in [-0.05, 0) is 93.4 Å². The lowest BCUT2D eigenvalue weighted by molar-refractivity contribution is -0.153. The maximum absolute atomic E-state index is 12.1. The second-order valence-electron chi connectivity index (χ2n) is 9.64. The van der Waals surface area contributed by atoms with Crippen LogP contribution in [-0.4, -0.2) is 26.2 Å². The molecule has 0 heterocycles. The first-order valence-corrected chi connectivity index (χ1v) is 12.5. The van der Waals surface area contributed by atoms with Gasteiger partial charge in [0.15, 0.2) is 0 Å². The summed E-state index contributed by atoms with van der Waals surface area (Å²) in [6, 6.07) is 21.8. The zero-order chi connectivity index (χ0) is 28.4. The second kappa shape index (κ2) is 13.1. The second-order valence-corrected chi connectivity index (χ2v) is 9.64. The van der Waals surface area contributed by atoms with Crippen molar-refractivity contribution in [3.8, 4) is 12.1 Å². The van der Waals surface area contributed by atoms with Crippen LogP contribution >= 0.6 is 0 Å². The van der Waals surface area contributed by atoms with Crippen LogP contribution in [0, 0.1) is 35.0 Å². The number of esters is 1. The van der Waals surface area contributed by atoms with Crippen molar-refractivity contribution >= 4 is 34.4 Å². The first kappa shape index (κ1) is 28.7. The number of carbonyl (C=O) groups is 1. The molecule has 0 aromatic heterocycles. The van der Waals surface area contributed by atoms with Crippen molar-refractivity contribution in [3.05, 3.63) is 77.4 Å². The van der Waals surface area contributed by atoms with Crippen molar-refractivity contribution < 1.29 is 9.53 Å². The summed E-state index contributed by atoms with van der Waals surface area (Å²) < 4.78 is 5.43. The van der Waals surface area contributed by atoms with Crippen molar-refractivity contribution in [2.24, 2.45) is 25.9 Å². The molecule has 0 aliphatic rings. The predicted molar refractivity (Wildman–Crippen MR) is 150 cm³/mol. The minimum atomic E-state index is -0.469. The first-order chi connectivity index (χ1) is 18.7. The monoisotopic (exact) mass is 521 g/mol. The predicted octanol–water partition coefficient (Wildman–Crippen LogP) is 7.98. The zero-order valence-corrected chi connectivity index (χ0v) is 22.8. The van der Waals surface area contributed by atoms with Crippen molar-refractivity contribution in [2.45, 2.75) is 34.1 Å². The average Bonchev–Trinajstić information content (AvgIpc) is 2.95. The molecule has 0 radical (unpaired) electrons. The highest BCUT2D eigenvalue weighted by atomic mass is 16.5. The molecule has 0 aliphatic carbocycles. The van der Waals surface area contributed by atoms with Gasteiger partial charge in [0, 0.05) is 12.7 Å². The molecule has 0 bridgehead atoms. The highest BCUT2D eigenvalue weighted by Gasteiger charge is 2.26. The van der Waals surface area contributed by atoms with Crippen LogP contribution in [0.15, 0.2) is 81.1 Å². The van der Waals surface area contributed by atoms with Gasteiger partial charge >= 0.3 is 5.97 Å². The van der Waals surface area contributed by atoms with Crippen molar-refractivity contribution in [1.29, 1.82) is 10.5 Å². The number of hydrogen-bond acceptors (Lipinski definition) is 9. The van der Waals surface area contributed by atoms with Gasteiger partial charge in [-0.15, -0.1) is 0 Å². The van der Waals surface area contributed by atoms with Gasteiger partial charge in [0.25, 0.3) is 0 Å². The third-order valence-corrected chi connectivity index (χ3v) is 6.37. The van der Waals surface area contributed by atoms with E-state index in [2.05, 4.69) is 20.5 Å². The molecular weight excluding hydrogens is 490 g/mol. The molecular formula is C30H31N7O2. The number of nitrogens with zero attached hydrogens (tertiary/aromatic N) is 7. The van der Waals surface area contributed by atoms with Gasteiger partial charge in [0.2, 0.25) is 0 Å². The summed E-state index contributed by atoms with van der Waals surface area (Å²) in [6.07, 6.45) is 0.733. The number of hydrogen-bond donors (Lipinski definition) is 0. The van der Waals surface area contributed by atoms with E-state index in [0.29, 0.717) is 41.5 Å². The van der Waals surface area contributed by atoms with E-state index in [9.17, 15) is 4.79 Å². The van der Waals surface area contributed by atoms with Crippen LogP contribution in [0.2, 0.25) is 0 Å². The molecule has 0 aliphatic heterocycles. The SMILES string of the molecule is CCC(C)(C)C(=O)OCCN(C)c1ccc(N=Nc2ccc(N=Nc3ccc(C#N)c(C#N)c3)cc2C)cc1. The Morgan fingerprint density at radius 2 is 1.46 bits per heavy atom. The third kappa shape index (κ3) is 7.80. The average molecular weight is 522 g/mol. The van der Waals surface area contributed by atoms with Gasteiger partial charge in [-0.25, -0.2) is 0 Å². The number of benzene rings is 3. The van der Waals surface area contributed by atoms with E-state index in [0.717, 1.165) is 17.7 Å². The van der Waals surface area contributed by atoms with Gasteiger partial charge in [0.05, 0.1) is 45.8 Å². The maximum Gasteiger partial charge on any atom is 0.311 e. The molecule has 39 heavy (non-hydrogen) atoms. The van der Waals surface area contributed by atoms with Gasteiger partial charge in [0.1, 0.15) is 18.7 Å². The van der Waals surface area contributed by atoms with Crippen LogP contribution in [0.5, 0.6) is 0 Å². The topological polar surface area (TPSA) is 127 Å². The van der Waals surface area contributed by atoms with Crippen LogP contribution in [0.4, 0.5) is 28.4 Å². The fourth-order valence-electron chi connectivity index (χ4n) is 3.34. The van der Waals surface area contributed by atoms with Crippen molar-refractivity contribution in [2.75, 3.05) is 25.1 Å². The Balaban J connectivity index is 1.59. The zero-order valence-electron chi connectivity index (χ0n) is 22.8. The summed E-state index contributed by atoms with van der Waals surface area (Å²) in [5.41, 5.74) is 4.49. The Hall–Kier alpha value is -4.89. The summed E-state index contributed by atoms with van der Waals surface area (Å²) in [7, 11) is 1.95. The van der Waals surface area contributed by atoms with Crippen LogP contribution in [0.25, 0.3) is 0 Å². The highest BCUT2D eigenvalue weighted by Crippen LogP contribution is 2.28. The van der Waals surface area contributed by atoms with E-state index in [1.165, 1.54) is 6.07 Å². The van der Waals surface area contributed by atoms with Crippen LogP contribution in [0.1, 0.15) is 43.9 Å². The molecule has 3 rings (SSSR count). The number of nitriles is 2. The molecule has 0 amide bonds. The lowest BCUT2D eigenvalue weighted by Gasteiger charge is -2.23. The summed E-state index contributed by atoms with van der Waals surface area (Å²) in [5.74, 6) is -0.180. The molecule has 0 atom stereocenters. The van der Waals surface area contributed by atoms with Crippen LogP contribution in [-0.2, 0) is 9.53 Å². The molecule has 0 unspecified atom stereocenters. The van der Waals surface area contributed by atoms with E-state index < -0.39 is 5.41 Å². The lowest BCUT2D eigenvalue weighted by atomic mass is 9.91. The Bertz CT molecular complexity index is 1460. The quantitative estimate of drug-likeness (QED) is 0.197. The van der Waals surface area contributed by atoms with Crippen molar-refractivity contribution in [1.82, 2.24) is 0 Å². The maximum atomic E-state index is 12.1. The number of anilines is 1. The molecule has 0 saturated heterocycles. The molecule has 3 aromatic carbocycles. The largest absolute Gasteiger partial charge is 0.463 e. The Kier molecular flexibility index (Phi) is 9.61. The standard InChI is InChI=1S/C30H31N7O2/c1-6-30(3,4)29(38)39-16-15-37(5)27-12-9-24(10-13-27)33-36-28-14-11-25(17-21(28)2)34-35-26-8-7-22(19-31)23(18-26)20-32/h7-14,17-18H,6,15-16H2,1-5H3. The molecule has 9 heteroatoms. The minimum Gasteiger partial charge on any atom is -0.463 e. The molecule has 0 fully saturated rings. The minimum absolute atomic E-state index is 0.180. The van der Waals surface area contributed by atoms with E-state index in [1.807, 2.05) is 88.2 Å². The number of aryl methyl sites for hydroxylation is 1. The lowest BCUT2D eigenvalue weighted by Crippen LogP contribution is -2.30. The smallest absolute Gasteiger partial charge is 0.311 e. The number of carbonyl (C=O) groups excluding carboxylic acids is 1. The van der Waals surface area contributed by atoms with Gasteiger partial charge < -0.3 is 9.64 Å². The number of azo groups is 2. The van der Waals surface area contributed by atoms with Gasteiger partial charge in [-0.1, -0.05) is 6.92 Å². The normalized spacial score (nSPS) is 11.4. The Morgan fingerprint density at radius 1 is 0.872 bits per heavy atom. The summed E-state index contributed by atoms with van der Waals surface area (Å²) in [5, 5.41) is 35.3. The van der Waals surface area contributed by atoms with Gasteiger partial charge in [-0.3, -0.25) is 4.79 Å². The van der Waals surface area contributed by atoms with Gasteiger partial charge in [-0.2, -0.15) is 31.0 Å². The molecule has 0 N–H and O–H groups in total. The highest BCUT2D eigenvalue weighted by molar-refractivity contribution is 5.75. The van der Waals surface area contributed by atoms with E-state index in [1.54, 1.807) is 18.2 Å². The Morgan fingerprint density at radius 3 is 2.08 bits per heavy atom. The van der Waals surface area contributed by atoms with Crippen LogP contribution < -0.4 is 4.90 Å². The van der Waals surface area contributed by atoms with E-state index >= 15 is 0 Å². The molecule has 3 aromatic rings. The molecule has 9 nitrogen and oxygen atoms in total. The summed E-state index contributed by atoms with van der Waals surface area (Å²) in [4.78, 5) is 14.1. The Labute approximate surface area is 229 Å². The summed E-state index contributed by atoms with van der Waals surface area (Å²) >= 11 is 0. The fraction of sp³-hybridized carbons (Fsp3) is 0.300.